The Balaban J connectivity index is 1.51. The van der Waals surface area contributed by atoms with Gasteiger partial charge in [0.05, 0.1) is 11.3 Å². The van der Waals surface area contributed by atoms with Crippen molar-refractivity contribution < 1.29 is 32.6 Å². The van der Waals surface area contributed by atoms with Gasteiger partial charge in [0.2, 0.25) is 0 Å². The summed E-state index contributed by atoms with van der Waals surface area (Å²) in [6.07, 6.45) is 8.37. The molecule has 0 radical (unpaired) electrons. The predicted octanol–water partition coefficient (Wildman–Crippen LogP) is 8.03. The summed E-state index contributed by atoms with van der Waals surface area (Å²) in [4.78, 5) is 28.1. The number of carboxylic acid groups (broad SMARTS) is 1. The van der Waals surface area contributed by atoms with Gasteiger partial charge in [0.15, 0.2) is 5.13 Å². The van der Waals surface area contributed by atoms with Gasteiger partial charge >= 0.3 is 5.97 Å². The fraction of sp³-hybridized carbons (Fsp3) is 0.387. The molecule has 2 aromatic carbocycles. The molecule has 0 bridgehead atoms. The Morgan fingerprint density at radius 1 is 1.15 bits per heavy atom. The third-order valence-corrected chi connectivity index (χ3v) is 8.06. The second-order valence-corrected chi connectivity index (χ2v) is 11.2. The third kappa shape index (κ3) is 7.42. The number of carbonyl (C=O) groups excluding carboxylic acids is 1. The van der Waals surface area contributed by atoms with E-state index in [2.05, 4.69) is 17.2 Å². The summed E-state index contributed by atoms with van der Waals surface area (Å²) in [5.74, 6) is -4.68. The van der Waals surface area contributed by atoms with Crippen LogP contribution in [0.5, 0.6) is 0 Å². The standard InChI is InChI=1S/C31H33F3N2O4S/c1-3-4-13-40-31(11-6-5-7-12-31)17-20-9-8-10-22(27(20)34)26-18-41-30(35-26)36-28(37)21-15-24(32)23(25(33)16-21)14-19(2)29(38)39/h8-10,14-16,18H,3-7,11-13,17H2,1-2H3,(H,38,39)(H,35,36,37). The number of aliphatic carboxylic acids is 1. The number of benzene rings is 2. The molecular formula is C31H33F3N2O4S. The molecule has 0 unspecified atom stereocenters. The first kappa shape index (κ1) is 30.5. The van der Waals surface area contributed by atoms with E-state index in [1.165, 1.54) is 6.92 Å². The molecule has 10 heteroatoms. The van der Waals surface area contributed by atoms with Crippen LogP contribution in [0.2, 0.25) is 0 Å². The topological polar surface area (TPSA) is 88.5 Å². The van der Waals surface area contributed by atoms with Crippen LogP contribution in [0, 0.1) is 17.5 Å². The first-order chi connectivity index (χ1) is 19.6. The minimum atomic E-state index is -1.32. The van der Waals surface area contributed by atoms with Crippen LogP contribution in [0.4, 0.5) is 18.3 Å². The maximum Gasteiger partial charge on any atom is 0.331 e. The number of anilines is 1. The second kappa shape index (κ2) is 13.4. The van der Waals surface area contributed by atoms with Crippen molar-refractivity contribution in [1.29, 1.82) is 0 Å². The van der Waals surface area contributed by atoms with E-state index in [0.29, 0.717) is 29.8 Å². The molecule has 2 N–H and O–H groups in total. The number of halogens is 3. The van der Waals surface area contributed by atoms with Gasteiger partial charge < -0.3 is 9.84 Å². The number of aromatic nitrogens is 1. The van der Waals surface area contributed by atoms with Crippen LogP contribution >= 0.6 is 11.3 Å². The molecule has 1 aliphatic carbocycles. The van der Waals surface area contributed by atoms with Gasteiger partial charge in [0.1, 0.15) is 17.5 Å². The first-order valence-electron chi connectivity index (χ1n) is 13.7. The SMILES string of the molecule is CCCCOC1(Cc2cccc(-c3csc(NC(=O)c4cc(F)c(C=C(C)C(=O)O)c(F)c4)n3)c2F)CCCCC1. The number of hydrogen-bond donors (Lipinski definition) is 2. The molecule has 6 nitrogen and oxygen atoms in total. The number of unbranched alkanes of at least 4 members (excludes halogenated alkanes) is 1. The highest BCUT2D eigenvalue weighted by atomic mass is 32.1. The van der Waals surface area contributed by atoms with E-state index in [0.717, 1.165) is 74.5 Å². The molecule has 0 atom stereocenters. The monoisotopic (exact) mass is 586 g/mol. The second-order valence-electron chi connectivity index (χ2n) is 10.4. The van der Waals surface area contributed by atoms with Crippen molar-refractivity contribution in [1.82, 2.24) is 4.98 Å². The van der Waals surface area contributed by atoms with E-state index in [9.17, 15) is 18.4 Å². The van der Waals surface area contributed by atoms with Gasteiger partial charge in [-0.15, -0.1) is 11.3 Å². The quantitative estimate of drug-likeness (QED) is 0.175. The van der Waals surface area contributed by atoms with Crippen LogP contribution in [0.15, 0.2) is 41.3 Å². The molecule has 0 aliphatic heterocycles. The molecule has 0 spiro atoms. The Bertz CT molecular complexity index is 1420. The highest BCUT2D eigenvalue weighted by molar-refractivity contribution is 7.14. The van der Waals surface area contributed by atoms with E-state index in [1.807, 2.05) is 0 Å². The van der Waals surface area contributed by atoms with E-state index in [-0.39, 0.29) is 27.7 Å². The molecule has 1 aromatic heterocycles. The van der Waals surface area contributed by atoms with Gasteiger partial charge in [0.25, 0.3) is 5.91 Å². The van der Waals surface area contributed by atoms with E-state index >= 15 is 4.39 Å². The van der Waals surface area contributed by atoms with Crippen LogP contribution in [-0.4, -0.2) is 34.2 Å². The Morgan fingerprint density at radius 3 is 2.51 bits per heavy atom. The summed E-state index contributed by atoms with van der Waals surface area (Å²) in [6.45, 7) is 3.97. The first-order valence-corrected chi connectivity index (χ1v) is 14.6. The summed E-state index contributed by atoms with van der Waals surface area (Å²) in [5, 5.41) is 13.2. The van der Waals surface area contributed by atoms with Crippen molar-refractivity contribution in [2.45, 2.75) is 70.8 Å². The predicted molar refractivity (Wildman–Crippen MR) is 153 cm³/mol. The molecule has 1 heterocycles. The summed E-state index contributed by atoms with van der Waals surface area (Å²) in [5.41, 5.74) is -0.328. The molecule has 4 rings (SSSR count). The molecular weight excluding hydrogens is 553 g/mol. The lowest BCUT2D eigenvalue weighted by atomic mass is 9.80. The van der Waals surface area contributed by atoms with Gasteiger partial charge in [-0.2, -0.15) is 0 Å². The fourth-order valence-corrected chi connectivity index (χ4v) is 5.72. The Kier molecular flexibility index (Phi) is 9.99. The number of carbonyl (C=O) groups is 2. The zero-order chi connectivity index (χ0) is 29.6. The number of thiazole rings is 1. The molecule has 1 fully saturated rings. The van der Waals surface area contributed by atoms with Crippen LogP contribution in [0.25, 0.3) is 17.3 Å². The largest absolute Gasteiger partial charge is 0.478 e. The lowest BCUT2D eigenvalue weighted by Gasteiger charge is -2.38. The molecule has 41 heavy (non-hydrogen) atoms. The third-order valence-electron chi connectivity index (χ3n) is 7.30. The van der Waals surface area contributed by atoms with Crippen LogP contribution in [-0.2, 0) is 16.0 Å². The number of hydrogen-bond acceptors (Lipinski definition) is 5. The summed E-state index contributed by atoms with van der Waals surface area (Å²) < 4.78 is 51.1. The van der Waals surface area contributed by atoms with Crippen molar-refractivity contribution in [2.24, 2.45) is 0 Å². The van der Waals surface area contributed by atoms with Gasteiger partial charge in [-0.05, 0) is 56.0 Å². The zero-order valence-corrected chi connectivity index (χ0v) is 23.9. The number of nitrogens with zero attached hydrogens (tertiary/aromatic N) is 1. The maximum atomic E-state index is 15.8. The summed E-state index contributed by atoms with van der Waals surface area (Å²) >= 11 is 1.06. The number of rotatable bonds is 11. The van der Waals surface area contributed by atoms with Crippen LogP contribution in [0.1, 0.15) is 80.3 Å². The van der Waals surface area contributed by atoms with Crippen molar-refractivity contribution in [3.63, 3.8) is 0 Å². The van der Waals surface area contributed by atoms with Gasteiger partial charge in [0, 0.05) is 40.7 Å². The fourth-order valence-electron chi connectivity index (χ4n) is 5.02. The number of nitrogens with one attached hydrogen (secondary N) is 1. The number of amides is 1. The maximum absolute atomic E-state index is 15.8. The average Bonchev–Trinajstić information content (AvgIpc) is 3.40. The van der Waals surface area contributed by atoms with E-state index < -0.39 is 29.1 Å². The molecule has 0 saturated heterocycles. The smallest absolute Gasteiger partial charge is 0.331 e. The zero-order valence-electron chi connectivity index (χ0n) is 23.1. The molecule has 218 valence electrons. The molecule has 1 aliphatic rings. The molecule has 3 aromatic rings. The van der Waals surface area contributed by atoms with Crippen molar-refractivity contribution in [2.75, 3.05) is 11.9 Å². The highest BCUT2D eigenvalue weighted by Gasteiger charge is 2.34. The Labute approximate surface area is 241 Å². The molecule has 1 amide bonds. The van der Waals surface area contributed by atoms with Gasteiger partial charge in [-0.3, -0.25) is 10.1 Å². The normalized spacial score (nSPS) is 15.1. The minimum Gasteiger partial charge on any atom is -0.478 e. The van der Waals surface area contributed by atoms with Crippen molar-refractivity contribution in [3.8, 4) is 11.3 Å². The van der Waals surface area contributed by atoms with Crippen molar-refractivity contribution in [3.05, 3.63) is 75.4 Å². The molecule has 1 saturated carbocycles. The lowest BCUT2D eigenvalue weighted by Crippen LogP contribution is -2.38. The van der Waals surface area contributed by atoms with Gasteiger partial charge in [-0.1, -0.05) is 44.7 Å². The lowest BCUT2D eigenvalue weighted by molar-refractivity contribution is -0.132. The van der Waals surface area contributed by atoms with Crippen molar-refractivity contribution >= 4 is 34.4 Å². The number of ether oxygens (including phenoxy) is 1. The summed E-state index contributed by atoms with van der Waals surface area (Å²) in [7, 11) is 0. The van der Waals surface area contributed by atoms with E-state index in [4.69, 9.17) is 9.84 Å². The number of carboxylic acids is 1. The summed E-state index contributed by atoms with van der Waals surface area (Å²) in [6, 6.07) is 6.82. The highest BCUT2D eigenvalue weighted by Crippen LogP contribution is 2.37. The van der Waals surface area contributed by atoms with Crippen LogP contribution in [0.3, 0.4) is 0 Å². The Morgan fingerprint density at radius 2 is 1.85 bits per heavy atom. The van der Waals surface area contributed by atoms with E-state index in [1.54, 1.807) is 23.6 Å². The Hall–Kier alpha value is -3.50. The van der Waals surface area contributed by atoms with Crippen LogP contribution < -0.4 is 5.32 Å². The van der Waals surface area contributed by atoms with Gasteiger partial charge in [-0.25, -0.2) is 22.9 Å². The minimum absolute atomic E-state index is 0.132. The average molecular weight is 587 g/mol.